The van der Waals surface area contributed by atoms with Gasteiger partial charge in [-0.05, 0) is 62.1 Å². The number of ether oxygens (including phenoxy) is 2. The first-order valence-corrected chi connectivity index (χ1v) is 12.1. The third-order valence-corrected chi connectivity index (χ3v) is 6.76. The summed E-state index contributed by atoms with van der Waals surface area (Å²) in [7, 11) is 1.62. The molecule has 4 rings (SSSR count). The van der Waals surface area contributed by atoms with Crippen molar-refractivity contribution in [1.82, 2.24) is 5.32 Å². The maximum atomic E-state index is 13.1. The molecule has 1 N–H and O–H groups in total. The van der Waals surface area contributed by atoms with E-state index in [0.29, 0.717) is 47.3 Å². The molecule has 1 aliphatic carbocycles. The quantitative estimate of drug-likeness (QED) is 0.527. The van der Waals surface area contributed by atoms with Gasteiger partial charge in [-0.25, -0.2) is 0 Å². The van der Waals surface area contributed by atoms with Gasteiger partial charge in [0.15, 0.2) is 0 Å². The van der Waals surface area contributed by atoms with Crippen LogP contribution in [0.1, 0.15) is 44.2 Å². The second-order valence-electron chi connectivity index (χ2n) is 8.41. The number of carbonyl (C=O) groups is 2. The first-order chi connectivity index (χ1) is 16.4. The van der Waals surface area contributed by atoms with Crippen molar-refractivity contribution in [1.29, 1.82) is 0 Å². The largest absolute Gasteiger partial charge is 0.497 e. The minimum absolute atomic E-state index is 0.0859. The van der Waals surface area contributed by atoms with Crippen LogP contribution in [-0.4, -0.2) is 37.3 Å². The Balaban J connectivity index is 1.54. The van der Waals surface area contributed by atoms with Gasteiger partial charge in [-0.3, -0.25) is 14.6 Å². The first kappa shape index (κ1) is 24.4. The molecule has 1 saturated carbocycles. The van der Waals surface area contributed by atoms with Crippen molar-refractivity contribution < 1.29 is 19.1 Å². The molecular weight excluding hydrogens is 477 g/mol. The van der Waals surface area contributed by atoms with E-state index in [1.165, 1.54) is 0 Å². The fourth-order valence-electron chi connectivity index (χ4n) is 4.48. The normalized spacial score (nSPS) is 21.8. The summed E-state index contributed by atoms with van der Waals surface area (Å²) < 4.78 is 10.4. The lowest BCUT2D eigenvalue weighted by molar-refractivity contribution is -0.147. The molecule has 0 radical (unpaired) electrons. The summed E-state index contributed by atoms with van der Waals surface area (Å²) in [5, 5.41) is 10.5. The number of halogens is 2. The molecule has 2 aromatic rings. The molecule has 2 aliphatic rings. The second-order valence-corrected chi connectivity index (χ2v) is 9.26. The number of nitrogens with zero attached hydrogens (tertiary/aromatic N) is 2. The average Bonchev–Trinajstić information content (AvgIpc) is 3.47. The molecule has 3 atom stereocenters. The highest BCUT2D eigenvalue weighted by Gasteiger charge is 2.36. The van der Waals surface area contributed by atoms with E-state index in [1.807, 2.05) is 24.3 Å². The smallest absolute Gasteiger partial charge is 0.308 e. The summed E-state index contributed by atoms with van der Waals surface area (Å²) in [6, 6.07) is 12.6. The minimum Gasteiger partial charge on any atom is -0.497 e. The number of rotatable bonds is 7. The number of carbonyl (C=O) groups excluding carboxylic acids is 2. The Morgan fingerprint density at radius 1 is 1.15 bits per heavy atom. The van der Waals surface area contributed by atoms with Crippen molar-refractivity contribution in [3.8, 4) is 5.75 Å². The molecule has 1 fully saturated rings. The SMILES string of the molecule is CCOC(=O)C1CCC(NC(=O)C2=NN(c3ccc(Cl)cc3Cl)C(c3ccc(OC)cc3)C2)C1. The van der Waals surface area contributed by atoms with Gasteiger partial charge in [0.25, 0.3) is 5.91 Å². The molecule has 34 heavy (non-hydrogen) atoms. The zero-order chi connectivity index (χ0) is 24.2. The van der Waals surface area contributed by atoms with Gasteiger partial charge < -0.3 is 14.8 Å². The van der Waals surface area contributed by atoms with Gasteiger partial charge in [-0.2, -0.15) is 5.10 Å². The molecule has 1 amide bonds. The second kappa shape index (κ2) is 10.7. The molecule has 0 aromatic heterocycles. The standard InChI is InChI=1S/C25H27Cl2N3O4/c1-3-34-25(32)16-4-8-18(12-16)28-24(31)21-14-23(15-5-9-19(33-2)10-6-15)30(29-21)22-11-7-17(26)13-20(22)27/h5-7,9-11,13,16,18,23H,3-4,8,12,14H2,1-2H3,(H,28,31). The molecular formula is C25H27Cl2N3O4. The van der Waals surface area contributed by atoms with Gasteiger partial charge in [-0.15, -0.1) is 0 Å². The maximum absolute atomic E-state index is 13.1. The van der Waals surface area contributed by atoms with Crippen molar-refractivity contribution in [2.45, 2.75) is 44.7 Å². The number of anilines is 1. The van der Waals surface area contributed by atoms with E-state index in [4.69, 9.17) is 32.7 Å². The summed E-state index contributed by atoms with van der Waals surface area (Å²) in [4.78, 5) is 25.2. The summed E-state index contributed by atoms with van der Waals surface area (Å²) in [5.41, 5.74) is 2.05. The van der Waals surface area contributed by atoms with Crippen molar-refractivity contribution in [3.63, 3.8) is 0 Å². The van der Waals surface area contributed by atoms with E-state index in [0.717, 1.165) is 17.7 Å². The molecule has 1 heterocycles. The minimum atomic E-state index is -0.236. The van der Waals surface area contributed by atoms with Gasteiger partial charge in [0, 0.05) is 17.5 Å². The van der Waals surface area contributed by atoms with Crippen molar-refractivity contribution in [2.24, 2.45) is 11.0 Å². The number of hydrogen-bond donors (Lipinski definition) is 1. The van der Waals surface area contributed by atoms with E-state index in [2.05, 4.69) is 10.4 Å². The monoisotopic (exact) mass is 503 g/mol. The predicted octanol–water partition coefficient (Wildman–Crippen LogP) is 5.16. The fraction of sp³-hybridized carbons (Fsp3) is 0.400. The summed E-state index contributed by atoms with van der Waals surface area (Å²) in [5.74, 6) is 0.141. The number of benzene rings is 2. The molecule has 2 aromatic carbocycles. The number of amides is 1. The molecule has 0 bridgehead atoms. The number of hydrazone groups is 1. The summed E-state index contributed by atoms with van der Waals surface area (Å²) >= 11 is 12.6. The van der Waals surface area contributed by atoms with Crippen LogP contribution in [0.25, 0.3) is 0 Å². The topological polar surface area (TPSA) is 80.2 Å². The van der Waals surface area contributed by atoms with E-state index in [1.54, 1.807) is 37.2 Å². The van der Waals surface area contributed by atoms with Gasteiger partial charge in [0.2, 0.25) is 0 Å². The number of hydrogen-bond acceptors (Lipinski definition) is 6. The predicted molar refractivity (Wildman–Crippen MR) is 133 cm³/mol. The highest BCUT2D eigenvalue weighted by atomic mass is 35.5. The summed E-state index contributed by atoms with van der Waals surface area (Å²) in [6.07, 6.45) is 2.42. The van der Waals surface area contributed by atoms with Crippen molar-refractivity contribution in [3.05, 3.63) is 58.1 Å². The van der Waals surface area contributed by atoms with Gasteiger partial charge >= 0.3 is 5.97 Å². The van der Waals surface area contributed by atoms with Crippen LogP contribution in [0.3, 0.4) is 0 Å². The molecule has 9 heteroatoms. The van der Waals surface area contributed by atoms with Crippen LogP contribution in [0.15, 0.2) is 47.6 Å². The lowest BCUT2D eigenvalue weighted by Gasteiger charge is -2.25. The molecule has 3 unspecified atom stereocenters. The van der Waals surface area contributed by atoms with Gasteiger partial charge in [0.05, 0.1) is 36.4 Å². The van der Waals surface area contributed by atoms with Crippen LogP contribution in [-0.2, 0) is 14.3 Å². The highest BCUT2D eigenvalue weighted by Crippen LogP contribution is 2.40. The van der Waals surface area contributed by atoms with Crippen LogP contribution in [0.5, 0.6) is 5.75 Å². The van der Waals surface area contributed by atoms with Gasteiger partial charge in [-0.1, -0.05) is 35.3 Å². The average molecular weight is 504 g/mol. The lowest BCUT2D eigenvalue weighted by Crippen LogP contribution is -2.37. The van der Waals surface area contributed by atoms with Crippen molar-refractivity contribution in [2.75, 3.05) is 18.7 Å². The Bertz CT molecular complexity index is 1090. The Morgan fingerprint density at radius 3 is 2.59 bits per heavy atom. The molecule has 7 nitrogen and oxygen atoms in total. The number of methoxy groups -OCH3 is 1. The van der Waals surface area contributed by atoms with E-state index < -0.39 is 0 Å². The Labute approximate surface area is 209 Å². The molecule has 180 valence electrons. The zero-order valence-electron chi connectivity index (χ0n) is 19.1. The lowest BCUT2D eigenvalue weighted by atomic mass is 10.0. The van der Waals surface area contributed by atoms with E-state index in [9.17, 15) is 9.59 Å². The molecule has 0 saturated heterocycles. The number of nitrogens with one attached hydrogen (secondary N) is 1. The number of esters is 1. The van der Waals surface area contributed by atoms with Crippen LogP contribution < -0.4 is 15.1 Å². The van der Waals surface area contributed by atoms with Crippen LogP contribution in [0, 0.1) is 5.92 Å². The van der Waals surface area contributed by atoms with Crippen LogP contribution in [0.2, 0.25) is 10.0 Å². The third-order valence-electron chi connectivity index (χ3n) is 6.22. The highest BCUT2D eigenvalue weighted by molar-refractivity contribution is 6.40. The van der Waals surface area contributed by atoms with Crippen LogP contribution >= 0.6 is 23.2 Å². The Kier molecular flexibility index (Phi) is 7.63. The first-order valence-electron chi connectivity index (χ1n) is 11.3. The molecule has 1 aliphatic heterocycles. The summed E-state index contributed by atoms with van der Waals surface area (Å²) in [6.45, 7) is 2.15. The van der Waals surface area contributed by atoms with Crippen LogP contribution in [0.4, 0.5) is 5.69 Å². The fourth-order valence-corrected chi connectivity index (χ4v) is 4.97. The zero-order valence-corrected chi connectivity index (χ0v) is 20.6. The van der Waals surface area contributed by atoms with Gasteiger partial charge in [0.1, 0.15) is 11.5 Å². The van der Waals surface area contributed by atoms with E-state index in [-0.39, 0.29) is 29.9 Å². The Hall–Kier alpha value is -2.77. The Morgan fingerprint density at radius 2 is 1.91 bits per heavy atom. The molecule has 0 spiro atoms. The van der Waals surface area contributed by atoms with Crippen molar-refractivity contribution >= 4 is 46.5 Å². The van der Waals surface area contributed by atoms with E-state index >= 15 is 0 Å². The third kappa shape index (κ3) is 5.31. The maximum Gasteiger partial charge on any atom is 0.308 e.